The number of hydrogen-bond acceptors (Lipinski definition) is 2. The molecule has 0 spiro atoms. The van der Waals surface area contributed by atoms with E-state index in [1.54, 1.807) is 0 Å². The van der Waals surface area contributed by atoms with Crippen LogP contribution in [0.5, 0.6) is 0 Å². The molecule has 4 nitrogen and oxygen atoms in total. The lowest BCUT2D eigenvalue weighted by Crippen LogP contribution is -2.04. The summed E-state index contributed by atoms with van der Waals surface area (Å²) >= 11 is 2.37. The molecule has 104 valence electrons. The molecule has 0 bridgehead atoms. The maximum Gasteiger partial charge on any atom is 0.181 e. The molecule has 2 heterocycles. The zero-order chi connectivity index (χ0) is 14.3. The van der Waals surface area contributed by atoms with E-state index in [9.17, 15) is 0 Å². The Bertz CT molecular complexity index is 754. The van der Waals surface area contributed by atoms with Gasteiger partial charge >= 0.3 is 0 Å². The van der Waals surface area contributed by atoms with Crippen molar-refractivity contribution in [1.29, 1.82) is 0 Å². The molecule has 0 amide bonds. The molecule has 0 saturated heterocycles. The number of benzene rings is 1. The number of halogens is 1. The SMILES string of the molecule is CC(C)Cn1cnc(-c2ccc3c(c2)c(I)cn3C)n1. The first kappa shape index (κ1) is 13.6. The lowest BCUT2D eigenvalue weighted by molar-refractivity contribution is 0.483. The highest BCUT2D eigenvalue weighted by Crippen LogP contribution is 2.26. The molecule has 2 aromatic heterocycles. The fraction of sp³-hybridized carbons (Fsp3) is 0.333. The van der Waals surface area contributed by atoms with Crippen LogP contribution in [0.2, 0.25) is 0 Å². The highest BCUT2D eigenvalue weighted by Gasteiger charge is 2.09. The second-order valence-electron chi connectivity index (χ2n) is 5.50. The Morgan fingerprint density at radius 2 is 2.10 bits per heavy atom. The van der Waals surface area contributed by atoms with Gasteiger partial charge in [0.05, 0.1) is 0 Å². The fourth-order valence-electron chi connectivity index (χ4n) is 2.37. The van der Waals surface area contributed by atoms with Gasteiger partial charge in [-0.15, -0.1) is 0 Å². The van der Waals surface area contributed by atoms with Crippen molar-refractivity contribution >= 4 is 33.5 Å². The molecule has 20 heavy (non-hydrogen) atoms. The van der Waals surface area contributed by atoms with Crippen LogP contribution in [0, 0.1) is 9.49 Å². The molecular formula is C15H17IN4. The maximum atomic E-state index is 4.56. The molecular weight excluding hydrogens is 363 g/mol. The fourth-order valence-corrected chi connectivity index (χ4v) is 3.22. The van der Waals surface area contributed by atoms with Gasteiger partial charge in [-0.25, -0.2) is 4.98 Å². The summed E-state index contributed by atoms with van der Waals surface area (Å²) in [6.07, 6.45) is 3.95. The number of aromatic nitrogens is 4. The summed E-state index contributed by atoms with van der Waals surface area (Å²) < 4.78 is 5.31. The molecule has 3 aromatic rings. The van der Waals surface area contributed by atoms with Gasteiger partial charge in [-0.3, -0.25) is 4.68 Å². The second kappa shape index (κ2) is 5.20. The Kier molecular flexibility index (Phi) is 3.54. The van der Waals surface area contributed by atoms with E-state index < -0.39 is 0 Å². The van der Waals surface area contributed by atoms with Gasteiger partial charge in [0.15, 0.2) is 5.82 Å². The number of rotatable bonds is 3. The number of aryl methyl sites for hydroxylation is 1. The Labute approximate surface area is 132 Å². The van der Waals surface area contributed by atoms with Crippen LogP contribution in [0.1, 0.15) is 13.8 Å². The smallest absolute Gasteiger partial charge is 0.181 e. The average molecular weight is 380 g/mol. The molecule has 3 rings (SSSR count). The summed E-state index contributed by atoms with van der Waals surface area (Å²) in [5, 5.41) is 5.82. The van der Waals surface area contributed by atoms with Crippen molar-refractivity contribution < 1.29 is 0 Å². The largest absolute Gasteiger partial charge is 0.349 e. The Hall–Kier alpha value is -1.37. The van der Waals surface area contributed by atoms with E-state index >= 15 is 0 Å². The standard InChI is InChI=1S/C15H17IN4/c1-10(2)7-20-9-17-15(18-20)11-4-5-14-12(6-11)13(16)8-19(14)3/h4-6,8-10H,7H2,1-3H3. The molecule has 0 radical (unpaired) electrons. The zero-order valence-corrected chi connectivity index (χ0v) is 14.0. The van der Waals surface area contributed by atoms with Gasteiger partial charge in [0.1, 0.15) is 6.33 Å². The van der Waals surface area contributed by atoms with Crippen LogP contribution < -0.4 is 0 Å². The molecule has 5 heteroatoms. The lowest BCUT2D eigenvalue weighted by Gasteiger charge is -2.03. The van der Waals surface area contributed by atoms with Crippen LogP contribution in [-0.2, 0) is 13.6 Å². The highest BCUT2D eigenvalue weighted by molar-refractivity contribution is 14.1. The first-order chi connectivity index (χ1) is 9.54. The van der Waals surface area contributed by atoms with Gasteiger partial charge < -0.3 is 4.57 Å². The Morgan fingerprint density at radius 3 is 2.85 bits per heavy atom. The Morgan fingerprint density at radius 1 is 1.30 bits per heavy atom. The van der Waals surface area contributed by atoms with Gasteiger partial charge in [0.25, 0.3) is 0 Å². The molecule has 0 saturated carbocycles. The van der Waals surface area contributed by atoms with E-state index in [2.05, 4.69) is 82.5 Å². The van der Waals surface area contributed by atoms with Crippen molar-refractivity contribution in [2.45, 2.75) is 20.4 Å². The quantitative estimate of drug-likeness (QED) is 0.650. The minimum atomic E-state index is 0.571. The summed E-state index contributed by atoms with van der Waals surface area (Å²) in [5.74, 6) is 1.37. The zero-order valence-electron chi connectivity index (χ0n) is 11.8. The monoisotopic (exact) mass is 380 g/mol. The van der Waals surface area contributed by atoms with Crippen LogP contribution in [0.4, 0.5) is 0 Å². The van der Waals surface area contributed by atoms with Crippen LogP contribution in [0.25, 0.3) is 22.3 Å². The third kappa shape index (κ3) is 2.46. The summed E-state index contributed by atoms with van der Waals surface area (Å²) in [5.41, 5.74) is 2.31. The van der Waals surface area contributed by atoms with E-state index in [1.165, 1.54) is 14.5 Å². The van der Waals surface area contributed by atoms with Crippen molar-refractivity contribution in [3.05, 3.63) is 34.3 Å². The van der Waals surface area contributed by atoms with Crippen molar-refractivity contribution in [1.82, 2.24) is 19.3 Å². The predicted molar refractivity (Wildman–Crippen MR) is 89.5 cm³/mol. The second-order valence-corrected chi connectivity index (χ2v) is 6.67. The molecule has 0 aliphatic heterocycles. The average Bonchev–Trinajstić information content (AvgIpc) is 2.95. The van der Waals surface area contributed by atoms with Crippen molar-refractivity contribution in [2.75, 3.05) is 0 Å². The van der Waals surface area contributed by atoms with E-state index in [-0.39, 0.29) is 0 Å². The van der Waals surface area contributed by atoms with Crippen LogP contribution >= 0.6 is 22.6 Å². The van der Waals surface area contributed by atoms with Crippen LogP contribution in [0.15, 0.2) is 30.7 Å². The van der Waals surface area contributed by atoms with E-state index in [0.717, 1.165) is 17.9 Å². The summed E-state index contributed by atoms with van der Waals surface area (Å²) in [6, 6.07) is 6.40. The first-order valence-corrected chi connectivity index (χ1v) is 7.77. The number of fused-ring (bicyclic) bond motifs is 1. The lowest BCUT2D eigenvalue weighted by atomic mass is 10.1. The third-order valence-electron chi connectivity index (χ3n) is 3.29. The molecule has 0 aliphatic carbocycles. The molecule has 0 unspecified atom stereocenters. The van der Waals surface area contributed by atoms with Crippen LogP contribution in [-0.4, -0.2) is 19.3 Å². The first-order valence-electron chi connectivity index (χ1n) is 6.69. The topological polar surface area (TPSA) is 35.6 Å². The third-order valence-corrected chi connectivity index (χ3v) is 4.15. The normalized spacial score (nSPS) is 11.7. The molecule has 1 aromatic carbocycles. The van der Waals surface area contributed by atoms with Gasteiger partial charge in [-0.05, 0) is 46.7 Å². The maximum absolute atomic E-state index is 4.56. The van der Waals surface area contributed by atoms with Crippen LogP contribution in [0.3, 0.4) is 0 Å². The predicted octanol–water partition coefficient (Wildman–Crippen LogP) is 3.70. The minimum absolute atomic E-state index is 0.571. The molecule has 0 aliphatic rings. The number of nitrogens with zero attached hydrogens (tertiary/aromatic N) is 4. The van der Waals surface area contributed by atoms with Crippen molar-refractivity contribution in [3.63, 3.8) is 0 Å². The van der Waals surface area contributed by atoms with Crippen molar-refractivity contribution in [2.24, 2.45) is 13.0 Å². The van der Waals surface area contributed by atoms with Gasteiger partial charge in [-0.1, -0.05) is 13.8 Å². The summed E-state index contributed by atoms with van der Waals surface area (Å²) in [4.78, 5) is 4.43. The van der Waals surface area contributed by atoms with E-state index in [4.69, 9.17) is 0 Å². The Balaban J connectivity index is 2.01. The minimum Gasteiger partial charge on any atom is -0.349 e. The van der Waals surface area contributed by atoms with Crippen molar-refractivity contribution in [3.8, 4) is 11.4 Å². The molecule has 0 N–H and O–H groups in total. The van der Waals surface area contributed by atoms with Gasteiger partial charge in [-0.2, -0.15) is 5.10 Å². The van der Waals surface area contributed by atoms with Gasteiger partial charge in [0.2, 0.25) is 0 Å². The highest BCUT2D eigenvalue weighted by atomic mass is 127. The molecule has 0 atom stereocenters. The van der Waals surface area contributed by atoms with Gasteiger partial charge in [0, 0.05) is 39.8 Å². The number of hydrogen-bond donors (Lipinski definition) is 0. The van der Waals surface area contributed by atoms with E-state index in [0.29, 0.717) is 5.92 Å². The summed E-state index contributed by atoms with van der Waals surface area (Å²) in [6.45, 7) is 5.26. The molecule has 0 fully saturated rings. The van der Waals surface area contributed by atoms with E-state index in [1.807, 2.05) is 11.0 Å². The summed E-state index contributed by atoms with van der Waals surface area (Å²) in [7, 11) is 2.07.